The van der Waals surface area contributed by atoms with Crippen molar-refractivity contribution in [2.75, 3.05) is 0 Å². The quantitative estimate of drug-likeness (QED) is 0.0829. The number of carbonyl (C=O) groups is 2. The Morgan fingerprint density at radius 2 is 1.72 bits per heavy atom. The summed E-state index contributed by atoms with van der Waals surface area (Å²) >= 11 is 12.7. The number of rotatable bonds is 6. The van der Waals surface area contributed by atoms with Gasteiger partial charge in [0, 0.05) is 31.5 Å². The molecular formula is C29H17Br2ClFN3O3. The van der Waals surface area contributed by atoms with Crippen molar-refractivity contribution in [1.82, 2.24) is 10.4 Å². The Balaban J connectivity index is 1.43. The minimum absolute atomic E-state index is 0.210. The SMILES string of the molecule is O=C(Oc1c(Br)cc(Br)cc1C=NNC(=O)c1[nH]c2ccc(F)cc2c1-c1ccccc1)c1ccc(Cl)cc1. The van der Waals surface area contributed by atoms with E-state index in [0.29, 0.717) is 41.6 Å². The molecule has 0 fully saturated rings. The fourth-order valence-electron chi connectivity index (χ4n) is 3.98. The van der Waals surface area contributed by atoms with Crippen molar-refractivity contribution in [3.63, 3.8) is 0 Å². The third kappa shape index (κ3) is 5.95. The molecule has 1 heterocycles. The second-order valence-electron chi connectivity index (χ2n) is 8.33. The molecule has 0 atom stereocenters. The maximum Gasteiger partial charge on any atom is 0.343 e. The molecule has 5 rings (SSSR count). The maximum atomic E-state index is 14.1. The van der Waals surface area contributed by atoms with E-state index in [1.165, 1.54) is 18.3 Å². The number of esters is 1. The highest BCUT2D eigenvalue weighted by atomic mass is 79.9. The number of aromatic amines is 1. The lowest BCUT2D eigenvalue weighted by atomic mass is 10.0. The Morgan fingerprint density at radius 1 is 0.974 bits per heavy atom. The molecule has 0 radical (unpaired) electrons. The van der Waals surface area contributed by atoms with Gasteiger partial charge in [0.05, 0.1) is 16.3 Å². The van der Waals surface area contributed by atoms with Gasteiger partial charge in [-0.05, 0) is 76.1 Å². The summed E-state index contributed by atoms with van der Waals surface area (Å²) in [7, 11) is 0. The van der Waals surface area contributed by atoms with Crippen LogP contribution >= 0.6 is 43.5 Å². The molecule has 5 aromatic rings. The number of fused-ring (bicyclic) bond motifs is 1. The molecule has 39 heavy (non-hydrogen) atoms. The molecule has 10 heteroatoms. The van der Waals surface area contributed by atoms with Crippen LogP contribution in [0, 0.1) is 5.82 Å². The summed E-state index contributed by atoms with van der Waals surface area (Å²) in [5, 5.41) is 5.17. The maximum absolute atomic E-state index is 14.1. The van der Waals surface area contributed by atoms with Crippen molar-refractivity contribution in [2.24, 2.45) is 5.10 Å². The molecule has 0 unspecified atom stereocenters. The molecule has 194 valence electrons. The summed E-state index contributed by atoms with van der Waals surface area (Å²) in [6.45, 7) is 0. The summed E-state index contributed by atoms with van der Waals surface area (Å²) in [5.74, 6) is -1.33. The zero-order chi connectivity index (χ0) is 27.5. The molecule has 0 spiro atoms. The lowest BCUT2D eigenvalue weighted by Crippen LogP contribution is -2.19. The van der Waals surface area contributed by atoms with Crippen LogP contribution in [-0.4, -0.2) is 23.1 Å². The van der Waals surface area contributed by atoms with Gasteiger partial charge in [0.1, 0.15) is 11.5 Å². The fourth-order valence-corrected chi connectivity index (χ4v) is 5.44. The smallest absolute Gasteiger partial charge is 0.343 e. The van der Waals surface area contributed by atoms with Crippen molar-refractivity contribution in [1.29, 1.82) is 0 Å². The van der Waals surface area contributed by atoms with Gasteiger partial charge in [-0.25, -0.2) is 14.6 Å². The predicted octanol–water partition coefficient (Wildman–Crippen LogP) is 8.14. The first kappa shape index (κ1) is 26.8. The Hall–Kier alpha value is -3.79. The first-order chi connectivity index (χ1) is 18.8. The van der Waals surface area contributed by atoms with Crippen LogP contribution in [0.3, 0.4) is 0 Å². The normalized spacial score (nSPS) is 11.2. The largest absolute Gasteiger partial charge is 0.421 e. The molecule has 0 aliphatic rings. The number of hydrogen-bond donors (Lipinski definition) is 2. The predicted molar refractivity (Wildman–Crippen MR) is 157 cm³/mol. The monoisotopic (exact) mass is 667 g/mol. The minimum atomic E-state index is -0.591. The van der Waals surface area contributed by atoms with E-state index < -0.39 is 17.7 Å². The van der Waals surface area contributed by atoms with Crippen LogP contribution < -0.4 is 10.2 Å². The van der Waals surface area contributed by atoms with E-state index in [2.05, 4.69) is 47.4 Å². The van der Waals surface area contributed by atoms with E-state index in [-0.39, 0.29) is 11.4 Å². The number of hydrazone groups is 1. The van der Waals surface area contributed by atoms with Gasteiger partial charge in [-0.1, -0.05) is 57.9 Å². The fraction of sp³-hybridized carbons (Fsp3) is 0. The van der Waals surface area contributed by atoms with Crippen LogP contribution in [0.5, 0.6) is 5.75 Å². The Bertz CT molecular complexity index is 1740. The van der Waals surface area contributed by atoms with Gasteiger partial charge < -0.3 is 9.72 Å². The Kier molecular flexibility index (Phi) is 7.92. The number of nitrogens with zero attached hydrogens (tertiary/aromatic N) is 1. The molecule has 0 aliphatic heterocycles. The van der Waals surface area contributed by atoms with Crippen molar-refractivity contribution >= 4 is 72.5 Å². The molecule has 0 saturated heterocycles. The molecule has 6 nitrogen and oxygen atoms in total. The van der Waals surface area contributed by atoms with Crippen molar-refractivity contribution in [2.45, 2.75) is 0 Å². The average molecular weight is 670 g/mol. The highest BCUT2D eigenvalue weighted by Crippen LogP contribution is 2.34. The highest BCUT2D eigenvalue weighted by molar-refractivity contribution is 9.11. The highest BCUT2D eigenvalue weighted by Gasteiger charge is 2.20. The van der Waals surface area contributed by atoms with Crippen LogP contribution in [0.25, 0.3) is 22.0 Å². The summed E-state index contributed by atoms with van der Waals surface area (Å²) < 4.78 is 20.9. The first-order valence-electron chi connectivity index (χ1n) is 11.5. The Morgan fingerprint density at radius 3 is 2.46 bits per heavy atom. The molecule has 0 bridgehead atoms. The van der Waals surface area contributed by atoms with E-state index in [0.717, 1.165) is 5.56 Å². The van der Waals surface area contributed by atoms with Gasteiger partial charge in [-0.15, -0.1) is 0 Å². The second kappa shape index (κ2) is 11.5. The lowest BCUT2D eigenvalue weighted by Gasteiger charge is -2.11. The number of H-pyrrole nitrogens is 1. The number of aromatic nitrogens is 1. The van der Waals surface area contributed by atoms with Gasteiger partial charge in [0.15, 0.2) is 5.75 Å². The van der Waals surface area contributed by atoms with E-state index in [9.17, 15) is 14.0 Å². The number of nitrogens with one attached hydrogen (secondary N) is 2. The first-order valence-corrected chi connectivity index (χ1v) is 13.4. The van der Waals surface area contributed by atoms with E-state index in [4.69, 9.17) is 16.3 Å². The zero-order valence-electron chi connectivity index (χ0n) is 19.8. The van der Waals surface area contributed by atoms with Crippen LogP contribution in [0.4, 0.5) is 4.39 Å². The molecule has 1 amide bonds. The van der Waals surface area contributed by atoms with Gasteiger partial charge >= 0.3 is 5.97 Å². The standard InChI is InChI=1S/C29H17Br2ClFN3O3/c30-19-12-18(27(23(31)13-19)39-29(38)17-6-8-20(32)9-7-17)15-34-36-28(37)26-25(16-4-2-1-3-5-16)22-14-21(33)10-11-24(22)35-26/h1-15,35H,(H,36,37). The van der Waals surface area contributed by atoms with E-state index >= 15 is 0 Å². The summed E-state index contributed by atoms with van der Waals surface area (Å²) in [6.07, 6.45) is 1.36. The van der Waals surface area contributed by atoms with Gasteiger partial charge in [0.25, 0.3) is 5.91 Å². The van der Waals surface area contributed by atoms with Crippen LogP contribution in [0.1, 0.15) is 26.4 Å². The number of ether oxygens (including phenoxy) is 1. The Labute approximate surface area is 244 Å². The molecule has 0 saturated carbocycles. The van der Waals surface area contributed by atoms with Crippen LogP contribution in [-0.2, 0) is 0 Å². The third-order valence-corrected chi connectivity index (χ3v) is 7.03. The molecule has 1 aromatic heterocycles. The number of hydrogen-bond acceptors (Lipinski definition) is 4. The third-order valence-electron chi connectivity index (χ3n) is 5.73. The van der Waals surface area contributed by atoms with E-state index in [1.54, 1.807) is 42.5 Å². The van der Waals surface area contributed by atoms with Crippen molar-refractivity contribution in [3.05, 3.63) is 122 Å². The average Bonchev–Trinajstić information content (AvgIpc) is 3.30. The molecular weight excluding hydrogens is 653 g/mol. The zero-order valence-corrected chi connectivity index (χ0v) is 23.8. The molecule has 0 aliphatic carbocycles. The van der Waals surface area contributed by atoms with Crippen LogP contribution in [0.15, 0.2) is 99.0 Å². The molecule has 2 N–H and O–H groups in total. The van der Waals surface area contributed by atoms with E-state index in [1.807, 2.05) is 30.3 Å². The van der Waals surface area contributed by atoms with Crippen LogP contribution in [0.2, 0.25) is 5.02 Å². The van der Waals surface area contributed by atoms with Crippen molar-refractivity contribution < 1.29 is 18.7 Å². The topological polar surface area (TPSA) is 83.5 Å². The number of benzene rings is 4. The second-order valence-corrected chi connectivity index (χ2v) is 10.5. The van der Waals surface area contributed by atoms with Crippen molar-refractivity contribution in [3.8, 4) is 16.9 Å². The van der Waals surface area contributed by atoms with Gasteiger partial charge in [-0.2, -0.15) is 5.10 Å². The van der Waals surface area contributed by atoms with Gasteiger partial charge in [0.2, 0.25) is 0 Å². The summed E-state index contributed by atoms with van der Waals surface area (Å²) in [5.41, 5.74) is 5.38. The number of carbonyl (C=O) groups excluding carboxylic acids is 2. The minimum Gasteiger partial charge on any atom is -0.421 e. The summed E-state index contributed by atoms with van der Waals surface area (Å²) in [6, 6.07) is 23.2. The number of halogens is 4. The number of amides is 1. The lowest BCUT2D eigenvalue weighted by molar-refractivity contribution is 0.0733. The van der Waals surface area contributed by atoms with Gasteiger partial charge in [-0.3, -0.25) is 4.79 Å². The molecule has 4 aromatic carbocycles. The summed E-state index contributed by atoms with van der Waals surface area (Å²) in [4.78, 5) is 29.0.